The van der Waals surface area contributed by atoms with Crippen LogP contribution in [0.25, 0.3) is 0 Å². The topological polar surface area (TPSA) is 43.4 Å². The number of cyclic esters (lactones) is 2. The fourth-order valence-electron chi connectivity index (χ4n) is 4.49. The van der Waals surface area contributed by atoms with Crippen LogP contribution in [0, 0.1) is 11.8 Å². The molecule has 3 nitrogen and oxygen atoms in total. The molecule has 0 amide bonds. The first-order valence-electron chi connectivity index (χ1n) is 7.27. The zero-order valence-electron chi connectivity index (χ0n) is 11.5. The van der Waals surface area contributed by atoms with Crippen molar-refractivity contribution in [2.75, 3.05) is 0 Å². The Morgan fingerprint density at radius 1 is 0.864 bits per heavy atom. The summed E-state index contributed by atoms with van der Waals surface area (Å²) in [7, 11) is 0. The zero-order chi connectivity index (χ0) is 15.1. The number of rotatable bonds is 0. The highest BCUT2D eigenvalue weighted by Crippen LogP contribution is 2.65. The predicted molar refractivity (Wildman–Crippen MR) is 79.4 cm³/mol. The first kappa shape index (κ1) is 12.4. The van der Waals surface area contributed by atoms with E-state index in [2.05, 4.69) is 0 Å². The molecule has 108 valence electrons. The van der Waals surface area contributed by atoms with Crippen LogP contribution in [0.5, 0.6) is 0 Å². The molecule has 22 heavy (non-hydrogen) atoms. The minimum Gasteiger partial charge on any atom is -0.393 e. The molecule has 6 rings (SSSR count). The van der Waals surface area contributed by atoms with E-state index in [1.54, 1.807) is 0 Å². The van der Waals surface area contributed by atoms with E-state index in [0.29, 0.717) is 0 Å². The van der Waals surface area contributed by atoms with Gasteiger partial charge in [-0.1, -0.05) is 48.5 Å². The number of hydrogen-bond donors (Lipinski definition) is 0. The molecule has 1 fully saturated rings. The van der Waals surface area contributed by atoms with E-state index >= 15 is 0 Å². The Morgan fingerprint density at radius 2 is 1.41 bits per heavy atom. The first-order chi connectivity index (χ1) is 10.6. The van der Waals surface area contributed by atoms with Gasteiger partial charge < -0.3 is 4.74 Å². The van der Waals surface area contributed by atoms with Crippen LogP contribution in [0.3, 0.4) is 0 Å². The van der Waals surface area contributed by atoms with Crippen LogP contribution in [0.1, 0.15) is 28.2 Å². The van der Waals surface area contributed by atoms with Gasteiger partial charge in [-0.3, -0.25) is 9.59 Å². The number of alkyl halides is 1. The van der Waals surface area contributed by atoms with E-state index in [4.69, 9.17) is 16.3 Å². The minimum absolute atomic E-state index is 0.156. The molecule has 2 bridgehead atoms. The molecule has 2 aromatic carbocycles. The van der Waals surface area contributed by atoms with E-state index < -0.39 is 28.6 Å². The third-order valence-electron chi connectivity index (χ3n) is 5.25. The molecule has 2 unspecified atom stereocenters. The molecule has 0 N–H and O–H groups in total. The molecule has 1 aliphatic heterocycles. The fourth-order valence-corrected chi connectivity index (χ4v) is 5.05. The van der Waals surface area contributed by atoms with Crippen LogP contribution >= 0.6 is 11.6 Å². The molecular weight excluding hydrogens is 300 g/mol. The molecule has 0 aromatic heterocycles. The molecule has 1 saturated heterocycles. The lowest BCUT2D eigenvalue weighted by Gasteiger charge is -2.50. The number of ether oxygens (including phenoxy) is 1. The van der Waals surface area contributed by atoms with Gasteiger partial charge in [-0.05, 0) is 22.3 Å². The van der Waals surface area contributed by atoms with Gasteiger partial charge in [0.2, 0.25) is 0 Å². The van der Waals surface area contributed by atoms with Crippen molar-refractivity contribution in [3.8, 4) is 0 Å². The zero-order valence-corrected chi connectivity index (χ0v) is 12.2. The van der Waals surface area contributed by atoms with Gasteiger partial charge in [0.1, 0.15) is 4.87 Å². The van der Waals surface area contributed by atoms with Crippen LogP contribution in [-0.2, 0) is 19.2 Å². The second-order valence-corrected chi connectivity index (χ2v) is 6.70. The second kappa shape index (κ2) is 3.79. The van der Waals surface area contributed by atoms with E-state index in [1.165, 1.54) is 0 Å². The number of halogens is 1. The van der Waals surface area contributed by atoms with Gasteiger partial charge in [-0.15, -0.1) is 11.6 Å². The standard InChI is InChI=1S/C18H11ClO3/c19-18-11-7-3-1-5-9(11)13(10-6-2-4-8-12(10)18)14-15(18)17(21)22-16(14)20/h1-8,13-15H. The Morgan fingerprint density at radius 3 is 2.00 bits per heavy atom. The summed E-state index contributed by atoms with van der Waals surface area (Å²) in [5.41, 5.74) is 3.91. The van der Waals surface area contributed by atoms with Crippen LogP contribution < -0.4 is 0 Å². The molecular formula is C18H11ClO3. The van der Waals surface area contributed by atoms with Crippen LogP contribution in [0.2, 0.25) is 0 Å². The molecule has 3 aliphatic carbocycles. The summed E-state index contributed by atoms with van der Waals surface area (Å²) < 4.78 is 4.95. The van der Waals surface area contributed by atoms with Crippen molar-refractivity contribution >= 4 is 23.5 Å². The van der Waals surface area contributed by atoms with Gasteiger partial charge in [-0.25, -0.2) is 0 Å². The Hall–Kier alpha value is -2.13. The van der Waals surface area contributed by atoms with E-state index in [9.17, 15) is 9.59 Å². The SMILES string of the molecule is O=C1OC(=O)C2C1C1c3ccccc3C2(Cl)c2ccccc21. The maximum absolute atomic E-state index is 12.3. The van der Waals surface area contributed by atoms with Crippen LogP contribution in [0.4, 0.5) is 0 Å². The highest BCUT2D eigenvalue weighted by atomic mass is 35.5. The van der Waals surface area contributed by atoms with Crippen molar-refractivity contribution < 1.29 is 14.3 Å². The molecule has 0 saturated carbocycles. The molecule has 0 radical (unpaired) electrons. The summed E-state index contributed by atoms with van der Waals surface area (Å²) in [6.45, 7) is 0. The molecule has 2 atom stereocenters. The monoisotopic (exact) mass is 310 g/mol. The highest BCUT2D eigenvalue weighted by Gasteiger charge is 2.67. The van der Waals surface area contributed by atoms with Crippen LogP contribution in [0.15, 0.2) is 48.5 Å². The number of carbonyl (C=O) groups is 2. The first-order valence-corrected chi connectivity index (χ1v) is 7.65. The largest absolute Gasteiger partial charge is 0.393 e. The number of esters is 2. The summed E-state index contributed by atoms with van der Waals surface area (Å²) >= 11 is 7.07. The molecule has 4 heteroatoms. The van der Waals surface area contributed by atoms with Gasteiger partial charge in [0.05, 0.1) is 11.8 Å². The van der Waals surface area contributed by atoms with Gasteiger partial charge >= 0.3 is 11.9 Å². The van der Waals surface area contributed by atoms with Crippen molar-refractivity contribution in [3.05, 3.63) is 70.8 Å². The molecule has 1 heterocycles. The van der Waals surface area contributed by atoms with Crippen molar-refractivity contribution in [2.45, 2.75) is 10.8 Å². The smallest absolute Gasteiger partial charge is 0.320 e. The fraction of sp³-hybridized carbons (Fsp3) is 0.222. The Kier molecular flexibility index (Phi) is 2.14. The van der Waals surface area contributed by atoms with Gasteiger partial charge in [0.15, 0.2) is 0 Å². The average molecular weight is 311 g/mol. The third-order valence-corrected chi connectivity index (χ3v) is 5.89. The summed E-state index contributed by atoms with van der Waals surface area (Å²) in [6, 6.07) is 15.6. The lowest BCUT2D eigenvalue weighted by atomic mass is 9.54. The maximum atomic E-state index is 12.3. The third kappa shape index (κ3) is 1.17. The van der Waals surface area contributed by atoms with Crippen molar-refractivity contribution in [3.63, 3.8) is 0 Å². The van der Waals surface area contributed by atoms with Crippen LogP contribution in [-0.4, -0.2) is 11.9 Å². The molecule has 0 spiro atoms. The quantitative estimate of drug-likeness (QED) is 0.427. The number of carbonyl (C=O) groups excluding carboxylic acids is 2. The van der Waals surface area contributed by atoms with Crippen molar-refractivity contribution in [1.82, 2.24) is 0 Å². The average Bonchev–Trinajstić information content (AvgIpc) is 2.84. The summed E-state index contributed by atoms with van der Waals surface area (Å²) in [5, 5.41) is 0. The van der Waals surface area contributed by atoms with E-state index in [0.717, 1.165) is 22.3 Å². The Balaban J connectivity index is 1.94. The van der Waals surface area contributed by atoms with E-state index in [1.807, 2.05) is 48.5 Å². The number of hydrogen-bond acceptors (Lipinski definition) is 3. The highest BCUT2D eigenvalue weighted by molar-refractivity contribution is 6.29. The Labute approximate surface area is 131 Å². The molecule has 2 aromatic rings. The minimum atomic E-state index is -1.02. The van der Waals surface area contributed by atoms with Gasteiger partial charge in [0, 0.05) is 5.92 Å². The summed E-state index contributed by atoms with van der Waals surface area (Å²) in [5.74, 6) is -2.27. The summed E-state index contributed by atoms with van der Waals surface area (Å²) in [6.07, 6.45) is 0. The normalized spacial score (nSPS) is 34.0. The molecule has 4 aliphatic rings. The number of benzene rings is 2. The predicted octanol–water partition coefficient (Wildman–Crippen LogP) is 2.94. The Bertz CT molecular complexity index is 809. The lowest BCUT2D eigenvalue weighted by Crippen LogP contribution is -2.50. The van der Waals surface area contributed by atoms with Gasteiger partial charge in [-0.2, -0.15) is 0 Å². The van der Waals surface area contributed by atoms with Gasteiger partial charge in [0.25, 0.3) is 0 Å². The van der Waals surface area contributed by atoms with Crippen molar-refractivity contribution in [2.24, 2.45) is 11.8 Å². The van der Waals surface area contributed by atoms with E-state index in [-0.39, 0.29) is 5.92 Å². The lowest BCUT2D eigenvalue weighted by molar-refractivity contribution is -0.153. The van der Waals surface area contributed by atoms with Crippen molar-refractivity contribution in [1.29, 1.82) is 0 Å². The maximum Gasteiger partial charge on any atom is 0.320 e. The second-order valence-electron chi connectivity index (χ2n) is 6.11. The summed E-state index contributed by atoms with van der Waals surface area (Å²) in [4.78, 5) is 23.6.